The molecule has 0 unspecified atom stereocenters. The zero-order valence-electron chi connectivity index (χ0n) is 17.9. The van der Waals surface area contributed by atoms with E-state index in [4.69, 9.17) is 4.74 Å². The molecule has 162 valence electrons. The fourth-order valence-corrected chi connectivity index (χ4v) is 5.32. The van der Waals surface area contributed by atoms with Gasteiger partial charge in [0.25, 0.3) is 0 Å². The molecule has 31 heavy (non-hydrogen) atoms. The Hall–Kier alpha value is -3.19. The molecular weight excluding hydrogens is 396 g/mol. The van der Waals surface area contributed by atoms with Crippen molar-refractivity contribution >= 4 is 17.8 Å². The molecule has 4 rings (SSSR count). The number of imide groups is 1. The number of rotatable bonds is 5. The van der Waals surface area contributed by atoms with Gasteiger partial charge >= 0.3 is 5.97 Å². The number of quaternary nitrogens is 1. The number of nitrogens with two attached hydrogens (primary N) is 1. The number of benzene rings is 2. The van der Waals surface area contributed by atoms with E-state index < -0.39 is 23.3 Å². The summed E-state index contributed by atoms with van der Waals surface area (Å²) in [7, 11) is 1.31. The molecule has 2 aliphatic heterocycles. The number of aryl methyl sites for hydroxylation is 1. The molecule has 0 aliphatic carbocycles. The van der Waals surface area contributed by atoms with Gasteiger partial charge in [-0.1, -0.05) is 36.4 Å². The number of aromatic hydroxyl groups is 1. The number of carbonyl (C=O) groups is 3. The van der Waals surface area contributed by atoms with Crippen LogP contribution in [0.2, 0.25) is 0 Å². The van der Waals surface area contributed by atoms with E-state index in [1.54, 1.807) is 31.2 Å². The van der Waals surface area contributed by atoms with E-state index in [0.717, 1.165) is 16.7 Å². The number of phenolic OH excluding ortho intramolecular Hbond substituents is 1. The zero-order valence-corrected chi connectivity index (χ0v) is 17.9. The van der Waals surface area contributed by atoms with E-state index in [2.05, 4.69) is 0 Å². The maximum atomic E-state index is 13.4. The maximum Gasteiger partial charge on any atom is 0.369 e. The van der Waals surface area contributed by atoms with E-state index in [1.807, 2.05) is 36.5 Å². The van der Waals surface area contributed by atoms with Crippen molar-refractivity contribution in [3.05, 3.63) is 65.2 Å². The van der Waals surface area contributed by atoms with Crippen LogP contribution in [0.15, 0.2) is 48.5 Å². The lowest BCUT2D eigenvalue weighted by Crippen LogP contribution is -2.98. The molecule has 7 heteroatoms. The van der Waals surface area contributed by atoms with Gasteiger partial charge in [-0.3, -0.25) is 14.5 Å². The normalized spacial score (nSPS) is 27.5. The van der Waals surface area contributed by atoms with Gasteiger partial charge in [0.2, 0.25) is 17.4 Å². The number of hydrogen-bond acceptors (Lipinski definition) is 5. The number of carbonyl (C=O) groups excluding carboxylic acids is 3. The first-order valence-corrected chi connectivity index (χ1v) is 10.5. The molecule has 0 radical (unpaired) electrons. The Labute approximate surface area is 181 Å². The summed E-state index contributed by atoms with van der Waals surface area (Å²) < 4.78 is 5.21. The van der Waals surface area contributed by atoms with Crippen molar-refractivity contribution in [3.8, 4) is 5.75 Å². The highest BCUT2D eigenvalue weighted by Crippen LogP contribution is 2.46. The molecule has 2 aromatic carbocycles. The summed E-state index contributed by atoms with van der Waals surface area (Å²) in [4.78, 5) is 41.3. The largest absolute Gasteiger partial charge is 0.508 e. The summed E-state index contributed by atoms with van der Waals surface area (Å²) >= 11 is 0. The average Bonchev–Trinajstić information content (AvgIpc) is 3.23. The van der Waals surface area contributed by atoms with Gasteiger partial charge in [0, 0.05) is 18.5 Å². The molecule has 2 aromatic rings. The van der Waals surface area contributed by atoms with Crippen molar-refractivity contribution in [3.63, 3.8) is 0 Å². The number of methoxy groups -OCH3 is 1. The lowest BCUT2D eigenvalue weighted by molar-refractivity contribution is -0.734. The van der Waals surface area contributed by atoms with Gasteiger partial charge in [0.1, 0.15) is 23.6 Å². The van der Waals surface area contributed by atoms with Crippen molar-refractivity contribution in [2.45, 2.75) is 31.8 Å². The number of likely N-dealkylation sites (tertiary alicyclic amines) is 1. The summed E-state index contributed by atoms with van der Waals surface area (Å²) in [5.41, 5.74) is 1.44. The predicted octanol–water partition coefficient (Wildman–Crippen LogP) is 1.09. The minimum Gasteiger partial charge on any atom is -0.508 e. The van der Waals surface area contributed by atoms with Gasteiger partial charge in [-0.25, -0.2) is 4.79 Å². The molecule has 2 fully saturated rings. The van der Waals surface area contributed by atoms with Crippen LogP contribution in [0.3, 0.4) is 0 Å². The standard InChI is InChI=1S/C24H26N2O5/c1-4-26-21(28)18-19(22(26)29)24(23(30)31-3,13-15-9-11-16(27)12-10-15)25-20(18)17-8-6-5-7-14(17)2/h5-12,18-20,25,27H,4,13H2,1-3H3/p+1/t18-,19-,20+,24+/m0/s1. The number of nitrogens with zero attached hydrogens (tertiary/aromatic N) is 1. The van der Waals surface area contributed by atoms with Crippen molar-refractivity contribution in [1.82, 2.24) is 4.90 Å². The van der Waals surface area contributed by atoms with E-state index in [1.165, 1.54) is 12.0 Å². The molecule has 0 aromatic heterocycles. The first kappa shape index (κ1) is 21.1. The van der Waals surface area contributed by atoms with Crippen LogP contribution in [0.25, 0.3) is 0 Å². The smallest absolute Gasteiger partial charge is 0.369 e. The van der Waals surface area contributed by atoms with Crippen LogP contribution >= 0.6 is 0 Å². The monoisotopic (exact) mass is 423 g/mol. The van der Waals surface area contributed by atoms with Crippen LogP contribution < -0.4 is 5.32 Å². The van der Waals surface area contributed by atoms with E-state index in [0.29, 0.717) is 0 Å². The number of amides is 2. The molecule has 2 aliphatic rings. The Morgan fingerprint density at radius 3 is 2.42 bits per heavy atom. The Morgan fingerprint density at radius 2 is 1.81 bits per heavy atom. The molecule has 7 nitrogen and oxygen atoms in total. The van der Waals surface area contributed by atoms with Crippen molar-refractivity contribution < 1.29 is 29.5 Å². The van der Waals surface area contributed by atoms with Gasteiger partial charge in [0.05, 0.1) is 7.11 Å². The minimum absolute atomic E-state index is 0.117. The van der Waals surface area contributed by atoms with Crippen LogP contribution in [0.1, 0.15) is 29.7 Å². The lowest BCUT2D eigenvalue weighted by Gasteiger charge is -2.29. The number of fused-ring (bicyclic) bond motifs is 1. The fourth-order valence-electron chi connectivity index (χ4n) is 5.32. The number of ether oxygens (including phenoxy) is 1. The van der Waals surface area contributed by atoms with E-state index in [-0.39, 0.29) is 36.6 Å². The topological polar surface area (TPSA) is 101 Å². The van der Waals surface area contributed by atoms with E-state index >= 15 is 0 Å². The van der Waals surface area contributed by atoms with Crippen LogP contribution in [0.4, 0.5) is 0 Å². The van der Waals surface area contributed by atoms with Gasteiger partial charge in [-0.05, 0) is 37.1 Å². The first-order chi connectivity index (χ1) is 14.8. The molecule has 2 amide bonds. The molecule has 2 heterocycles. The Bertz CT molecular complexity index is 1030. The van der Waals surface area contributed by atoms with Crippen LogP contribution in [-0.2, 0) is 25.5 Å². The third kappa shape index (κ3) is 3.20. The summed E-state index contributed by atoms with van der Waals surface area (Å²) in [5, 5.41) is 11.5. The second kappa shape index (κ2) is 7.81. The van der Waals surface area contributed by atoms with Crippen molar-refractivity contribution in [1.29, 1.82) is 0 Å². The SMILES string of the molecule is CCN1C(=O)[C@@H]2[C@@H](c3ccccc3C)[NH2+][C@@](Cc3ccc(O)cc3)(C(=O)OC)[C@@H]2C1=O. The Morgan fingerprint density at radius 1 is 1.13 bits per heavy atom. The fraction of sp³-hybridized carbons (Fsp3) is 0.375. The summed E-state index contributed by atoms with van der Waals surface area (Å²) in [6.45, 7) is 4.00. The third-order valence-corrected chi connectivity index (χ3v) is 6.72. The molecule has 4 atom stereocenters. The summed E-state index contributed by atoms with van der Waals surface area (Å²) in [6, 6.07) is 13.9. The van der Waals surface area contributed by atoms with Gasteiger partial charge in [0.15, 0.2) is 0 Å². The van der Waals surface area contributed by atoms with Crippen molar-refractivity contribution in [2.24, 2.45) is 11.8 Å². The van der Waals surface area contributed by atoms with Crippen LogP contribution in [-0.4, -0.2) is 47.0 Å². The highest BCUT2D eigenvalue weighted by molar-refractivity contribution is 6.08. The first-order valence-electron chi connectivity index (χ1n) is 10.5. The third-order valence-electron chi connectivity index (χ3n) is 6.72. The quantitative estimate of drug-likeness (QED) is 0.554. The van der Waals surface area contributed by atoms with E-state index in [9.17, 15) is 19.5 Å². The molecule has 3 N–H and O–H groups in total. The lowest BCUT2D eigenvalue weighted by atomic mass is 9.76. The molecule has 0 spiro atoms. The van der Waals surface area contributed by atoms with Crippen LogP contribution in [0.5, 0.6) is 5.75 Å². The number of hydrogen-bond donors (Lipinski definition) is 2. The second-order valence-electron chi connectivity index (χ2n) is 8.35. The molecular formula is C24H27N2O5+. The summed E-state index contributed by atoms with van der Waals surface area (Å²) in [6.07, 6.45) is 0.208. The van der Waals surface area contributed by atoms with Gasteiger partial charge in [-0.2, -0.15) is 0 Å². The number of phenols is 1. The zero-order chi connectivity index (χ0) is 22.3. The van der Waals surface area contributed by atoms with Crippen LogP contribution in [0, 0.1) is 18.8 Å². The summed E-state index contributed by atoms with van der Waals surface area (Å²) in [5.74, 6) is -2.44. The van der Waals surface area contributed by atoms with Gasteiger partial charge < -0.3 is 15.2 Å². The average molecular weight is 423 g/mol. The minimum atomic E-state index is -1.28. The number of esters is 1. The second-order valence-corrected chi connectivity index (χ2v) is 8.35. The molecule has 2 saturated heterocycles. The maximum absolute atomic E-state index is 13.4. The Balaban J connectivity index is 1.88. The predicted molar refractivity (Wildman–Crippen MR) is 112 cm³/mol. The van der Waals surface area contributed by atoms with Crippen molar-refractivity contribution in [2.75, 3.05) is 13.7 Å². The molecule has 0 bridgehead atoms. The highest BCUT2D eigenvalue weighted by atomic mass is 16.5. The van der Waals surface area contributed by atoms with Gasteiger partial charge in [-0.15, -0.1) is 0 Å². The molecule has 0 saturated carbocycles. The highest BCUT2D eigenvalue weighted by Gasteiger charge is 2.72. The Kier molecular flexibility index (Phi) is 5.31.